The van der Waals surface area contributed by atoms with Gasteiger partial charge >= 0.3 is 0 Å². The first-order chi connectivity index (χ1) is 14.0. The normalized spacial score (nSPS) is 24.3. The molecule has 12 heteroatoms. The number of hydrogen-bond donors (Lipinski definition) is 4. The van der Waals surface area contributed by atoms with Gasteiger partial charge in [0.25, 0.3) is 0 Å². The van der Waals surface area contributed by atoms with Crippen LogP contribution in [0.1, 0.15) is 11.8 Å². The van der Waals surface area contributed by atoms with Gasteiger partial charge < -0.3 is 30.5 Å². The van der Waals surface area contributed by atoms with Gasteiger partial charge in [-0.1, -0.05) is 23.9 Å². The molecule has 154 valence electrons. The summed E-state index contributed by atoms with van der Waals surface area (Å²) in [5.41, 5.74) is 1.98. The van der Waals surface area contributed by atoms with E-state index in [1.165, 1.54) is 41.1 Å². The zero-order chi connectivity index (χ0) is 20.5. The number of anilines is 1. The average molecular weight is 420 g/mol. The molecule has 3 aromatic rings. The van der Waals surface area contributed by atoms with Crippen molar-refractivity contribution in [1.29, 1.82) is 0 Å². The molecule has 4 rings (SSSR count). The fourth-order valence-electron chi connectivity index (χ4n) is 3.10. The first-order valence-electron chi connectivity index (χ1n) is 8.67. The number of ether oxygens (including phenoxy) is 1. The summed E-state index contributed by atoms with van der Waals surface area (Å²) in [4.78, 5) is 12.8. The van der Waals surface area contributed by atoms with Gasteiger partial charge in [0.15, 0.2) is 11.9 Å². The van der Waals surface area contributed by atoms with E-state index in [1.807, 2.05) is 0 Å². The second kappa shape index (κ2) is 8.20. The summed E-state index contributed by atoms with van der Waals surface area (Å²) in [5.74, 6) is 0.539. The minimum atomic E-state index is -1.23. The van der Waals surface area contributed by atoms with Gasteiger partial charge in [0.2, 0.25) is 0 Å². The topological polar surface area (TPSA) is 160 Å². The zero-order valence-electron chi connectivity index (χ0n) is 14.9. The fraction of sp³-hybridized carbons (Fsp3) is 0.353. The van der Waals surface area contributed by atoms with Crippen LogP contribution in [0.15, 0.2) is 41.9 Å². The zero-order valence-corrected chi connectivity index (χ0v) is 15.8. The summed E-state index contributed by atoms with van der Waals surface area (Å²) in [6, 6.07) is 6.46. The molecule has 0 saturated carbocycles. The van der Waals surface area contributed by atoms with Crippen molar-refractivity contribution in [2.45, 2.75) is 35.3 Å². The van der Waals surface area contributed by atoms with Crippen molar-refractivity contribution in [3.8, 4) is 0 Å². The Labute approximate surface area is 168 Å². The molecular formula is C17H18N5O6S-. The largest absolute Gasteiger partial charge is 0.733 e. The van der Waals surface area contributed by atoms with Gasteiger partial charge in [0.05, 0.1) is 18.6 Å². The van der Waals surface area contributed by atoms with Gasteiger partial charge in [-0.05, 0) is 17.7 Å². The molecule has 1 aromatic carbocycles. The Bertz CT molecular complexity index is 984. The van der Waals surface area contributed by atoms with E-state index in [-0.39, 0.29) is 10.9 Å². The molecule has 0 spiro atoms. The van der Waals surface area contributed by atoms with E-state index in [0.29, 0.717) is 21.9 Å². The van der Waals surface area contributed by atoms with Gasteiger partial charge in [0, 0.05) is 5.75 Å². The Morgan fingerprint density at radius 1 is 1.14 bits per heavy atom. The van der Waals surface area contributed by atoms with Crippen molar-refractivity contribution in [3.05, 3.63) is 47.7 Å². The lowest BCUT2D eigenvalue weighted by Gasteiger charge is -2.21. The predicted molar refractivity (Wildman–Crippen MR) is 102 cm³/mol. The van der Waals surface area contributed by atoms with Gasteiger partial charge in [-0.3, -0.25) is 9.77 Å². The minimum Gasteiger partial charge on any atom is -0.733 e. The molecule has 4 N–H and O–H groups in total. The molecule has 0 unspecified atom stereocenters. The van der Waals surface area contributed by atoms with Crippen molar-refractivity contribution in [2.24, 2.45) is 0 Å². The van der Waals surface area contributed by atoms with Crippen LogP contribution >= 0.6 is 11.8 Å². The lowest BCUT2D eigenvalue weighted by Crippen LogP contribution is -2.33. The van der Waals surface area contributed by atoms with E-state index in [2.05, 4.69) is 15.0 Å². The number of aliphatic hydroxyl groups is 3. The molecule has 0 aliphatic carbocycles. The van der Waals surface area contributed by atoms with Crippen LogP contribution in [0, 0.1) is 5.21 Å². The molecule has 2 aromatic heterocycles. The highest BCUT2D eigenvalue weighted by Crippen LogP contribution is 2.33. The van der Waals surface area contributed by atoms with Crippen LogP contribution in [0.2, 0.25) is 0 Å². The second-order valence-corrected chi connectivity index (χ2v) is 7.42. The number of aliphatic hydroxyl groups excluding tert-OH is 3. The molecule has 4 atom stereocenters. The first kappa shape index (κ1) is 20.0. The van der Waals surface area contributed by atoms with E-state index in [1.54, 1.807) is 12.1 Å². The summed E-state index contributed by atoms with van der Waals surface area (Å²) in [6.45, 7) is -0.420. The summed E-state index contributed by atoms with van der Waals surface area (Å²) >= 11 is 1.41. The van der Waals surface area contributed by atoms with Crippen LogP contribution < -0.4 is 5.23 Å². The monoisotopic (exact) mass is 420 g/mol. The van der Waals surface area contributed by atoms with Crippen LogP contribution in [0.4, 0.5) is 5.69 Å². The lowest BCUT2D eigenvalue weighted by atomic mass is 10.1. The van der Waals surface area contributed by atoms with Crippen LogP contribution in [0.25, 0.3) is 11.2 Å². The van der Waals surface area contributed by atoms with Gasteiger partial charge in [0.1, 0.15) is 35.2 Å². The maximum Gasteiger partial charge on any atom is 0.166 e. The second-order valence-electron chi connectivity index (χ2n) is 6.46. The predicted octanol–water partition coefficient (Wildman–Crippen LogP) is 0.423. The van der Waals surface area contributed by atoms with Gasteiger partial charge in [-0.15, -0.1) is 0 Å². The van der Waals surface area contributed by atoms with Crippen LogP contribution in [-0.2, 0) is 10.5 Å². The van der Waals surface area contributed by atoms with E-state index in [4.69, 9.17) is 9.94 Å². The molecule has 29 heavy (non-hydrogen) atoms. The van der Waals surface area contributed by atoms with Crippen LogP contribution in [0.3, 0.4) is 0 Å². The number of aromatic nitrogens is 4. The summed E-state index contributed by atoms with van der Waals surface area (Å²) in [5, 5.41) is 49.6. The van der Waals surface area contributed by atoms with Gasteiger partial charge in [-0.25, -0.2) is 15.0 Å². The summed E-state index contributed by atoms with van der Waals surface area (Å²) in [7, 11) is 0. The standard InChI is InChI=1S/C17H18N5O6S/c23-5-11-13(24)14(25)17(28-11)21-8-20-12-15(21)18-7-19-16(12)29-6-9-1-3-10(4-2-9)22(26)27/h1-4,7-8,11,13-14,17,23-26H,5-6H2/q-1/t11-,13+,14-,17-/m1/s1. The Hall–Kier alpha value is -2.32. The maximum atomic E-state index is 10.9. The molecule has 1 saturated heterocycles. The van der Waals surface area contributed by atoms with Crippen molar-refractivity contribution in [3.63, 3.8) is 0 Å². The number of imidazole rings is 1. The Morgan fingerprint density at radius 2 is 1.90 bits per heavy atom. The van der Waals surface area contributed by atoms with Crippen molar-refractivity contribution in [1.82, 2.24) is 19.5 Å². The summed E-state index contributed by atoms with van der Waals surface area (Å²) in [6.07, 6.45) is -1.46. The van der Waals surface area contributed by atoms with Crippen molar-refractivity contribution in [2.75, 3.05) is 11.8 Å². The highest BCUT2D eigenvalue weighted by molar-refractivity contribution is 7.98. The first-order valence-corrected chi connectivity index (χ1v) is 9.66. The summed E-state index contributed by atoms with van der Waals surface area (Å²) < 4.78 is 7.05. The molecule has 1 fully saturated rings. The number of thioether (sulfide) groups is 1. The third-order valence-corrected chi connectivity index (χ3v) is 5.70. The number of benzene rings is 1. The SMILES string of the molecule is [O-]N(O)c1ccc(CSc2ncnc3c2ncn3[C@@H]2O[C@H](CO)[C@H](O)[C@H]2O)cc1. The van der Waals surface area contributed by atoms with E-state index < -0.39 is 31.1 Å². The molecule has 11 nitrogen and oxygen atoms in total. The van der Waals surface area contributed by atoms with E-state index in [0.717, 1.165) is 5.56 Å². The highest BCUT2D eigenvalue weighted by Gasteiger charge is 2.44. The van der Waals surface area contributed by atoms with Gasteiger partial charge in [-0.2, -0.15) is 0 Å². The average Bonchev–Trinajstić information content (AvgIpc) is 3.28. The number of hydrogen-bond acceptors (Lipinski definition) is 11. The molecule has 0 amide bonds. The fourth-order valence-corrected chi connectivity index (χ4v) is 4.00. The van der Waals surface area contributed by atoms with E-state index in [9.17, 15) is 20.5 Å². The molecule has 1 aliphatic rings. The quantitative estimate of drug-likeness (QED) is 0.249. The number of fused-ring (bicyclic) bond motifs is 1. The molecule has 0 bridgehead atoms. The molecule has 0 radical (unpaired) electrons. The third-order valence-electron chi connectivity index (χ3n) is 4.65. The molecule has 3 heterocycles. The Balaban J connectivity index is 1.55. The van der Waals surface area contributed by atoms with Crippen LogP contribution in [-0.4, -0.2) is 65.0 Å². The number of rotatable bonds is 6. The third kappa shape index (κ3) is 3.79. The Morgan fingerprint density at radius 3 is 2.55 bits per heavy atom. The number of nitrogens with zero attached hydrogens (tertiary/aromatic N) is 5. The van der Waals surface area contributed by atoms with Crippen molar-refractivity contribution < 1.29 is 25.3 Å². The smallest absolute Gasteiger partial charge is 0.166 e. The van der Waals surface area contributed by atoms with E-state index >= 15 is 0 Å². The van der Waals surface area contributed by atoms with Crippen molar-refractivity contribution >= 4 is 28.6 Å². The molecule has 1 aliphatic heterocycles. The lowest BCUT2D eigenvalue weighted by molar-refractivity contribution is -0.0511. The Kier molecular flexibility index (Phi) is 5.65. The molecular weight excluding hydrogens is 402 g/mol. The minimum absolute atomic E-state index is 0.139. The van der Waals surface area contributed by atoms with Crippen LogP contribution in [0.5, 0.6) is 0 Å². The maximum absolute atomic E-state index is 10.9. The highest BCUT2D eigenvalue weighted by atomic mass is 32.2.